The molecule has 0 saturated carbocycles. The van der Waals surface area contributed by atoms with Crippen molar-refractivity contribution in [3.05, 3.63) is 51.5 Å². The van der Waals surface area contributed by atoms with Crippen molar-refractivity contribution < 1.29 is 9.53 Å². The summed E-state index contributed by atoms with van der Waals surface area (Å²) in [5.41, 5.74) is 1.76. The van der Waals surface area contributed by atoms with E-state index in [2.05, 4.69) is 27.5 Å². The molecule has 0 spiro atoms. The number of guanidine groups is 1. The summed E-state index contributed by atoms with van der Waals surface area (Å²) >= 11 is 1.72. The van der Waals surface area contributed by atoms with Crippen LogP contribution in [0.15, 0.2) is 35.5 Å². The van der Waals surface area contributed by atoms with Gasteiger partial charge < -0.3 is 20.3 Å². The fourth-order valence-corrected chi connectivity index (χ4v) is 4.35. The molecule has 2 N–H and O–H groups in total. The molecule has 1 aliphatic rings. The Morgan fingerprint density at radius 3 is 2.52 bits per heavy atom. The van der Waals surface area contributed by atoms with Crippen molar-refractivity contribution in [1.29, 1.82) is 0 Å². The second kappa shape index (κ2) is 11.2. The first-order chi connectivity index (χ1) is 15.0. The average Bonchev–Trinajstić information content (AvgIpc) is 3.23. The van der Waals surface area contributed by atoms with Gasteiger partial charge in [0.25, 0.3) is 5.91 Å². The topological polar surface area (TPSA) is 78.9 Å². The Balaban J connectivity index is 1.57. The first-order valence-electron chi connectivity index (χ1n) is 11.0. The molecule has 2 unspecified atom stereocenters. The van der Waals surface area contributed by atoms with E-state index >= 15 is 0 Å². The summed E-state index contributed by atoms with van der Waals surface area (Å²) in [5, 5.41) is 7.66. The lowest BCUT2D eigenvalue weighted by Gasteiger charge is -2.35. The molecule has 0 radical (unpaired) electrons. The van der Waals surface area contributed by atoms with Crippen LogP contribution in [0.2, 0.25) is 0 Å². The number of rotatable bonds is 7. The van der Waals surface area contributed by atoms with Gasteiger partial charge in [0.1, 0.15) is 5.01 Å². The number of ether oxygens (including phenoxy) is 1. The molecule has 1 aromatic carbocycles. The van der Waals surface area contributed by atoms with Gasteiger partial charge in [-0.2, -0.15) is 0 Å². The number of nitrogens with one attached hydrogen (secondary N) is 2. The Hall–Kier alpha value is -2.45. The van der Waals surface area contributed by atoms with Gasteiger partial charge in [-0.3, -0.25) is 4.79 Å². The van der Waals surface area contributed by atoms with Gasteiger partial charge in [-0.25, -0.2) is 9.98 Å². The summed E-state index contributed by atoms with van der Waals surface area (Å²) < 4.78 is 5.73. The van der Waals surface area contributed by atoms with Crippen molar-refractivity contribution in [2.24, 2.45) is 4.99 Å². The van der Waals surface area contributed by atoms with Crippen LogP contribution in [0.5, 0.6) is 0 Å². The summed E-state index contributed by atoms with van der Waals surface area (Å²) in [6, 6.07) is 7.73. The monoisotopic (exact) mass is 443 g/mol. The number of aliphatic imine (C=N–C) groups is 1. The largest absolute Gasteiger partial charge is 0.372 e. The van der Waals surface area contributed by atoms with Crippen LogP contribution in [0.25, 0.3) is 0 Å². The highest BCUT2D eigenvalue weighted by Crippen LogP contribution is 2.15. The number of thiazole rings is 1. The third-order valence-electron chi connectivity index (χ3n) is 5.03. The molecule has 168 valence electrons. The van der Waals surface area contributed by atoms with E-state index in [0.717, 1.165) is 29.5 Å². The number of carbonyl (C=O) groups is 1. The number of carbonyl (C=O) groups excluding carboxylic acids is 1. The zero-order valence-electron chi connectivity index (χ0n) is 18.9. The minimum absolute atomic E-state index is 0.0574. The van der Waals surface area contributed by atoms with Crippen molar-refractivity contribution in [2.45, 2.75) is 59.4 Å². The molecule has 2 atom stereocenters. The number of aryl methyl sites for hydroxylation is 1. The molecule has 0 bridgehead atoms. The molecular weight excluding hydrogens is 410 g/mol. The normalized spacial score (nSPS) is 19.4. The van der Waals surface area contributed by atoms with Crippen LogP contribution in [0.1, 0.15) is 53.5 Å². The average molecular weight is 444 g/mol. The van der Waals surface area contributed by atoms with E-state index in [1.165, 1.54) is 4.88 Å². The van der Waals surface area contributed by atoms with Gasteiger partial charge in [-0.1, -0.05) is 19.1 Å². The van der Waals surface area contributed by atoms with E-state index < -0.39 is 0 Å². The van der Waals surface area contributed by atoms with Gasteiger partial charge in [0.05, 0.1) is 25.3 Å². The molecule has 1 fully saturated rings. The molecule has 3 rings (SSSR count). The van der Waals surface area contributed by atoms with Gasteiger partial charge in [0.15, 0.2) is 5.96 Å². The van der Waals surface area contributed by atoms with Crippen LogP contribution in [-0.4, -0.2) is 53.6 Å². The van der Waals surface area contributed by atoms with Gasteiger partial charge in [0, 0.05) is 36.3 Å². The lowest BCUT2D eigenvalue weighted by atomic mass is 10.1. The number of aromatic nitrogens is 1. The summed E-state index contributed by atoms with van der Waals surface area (Å²) in [6.45, 7) is 11.4. The van der Waals surface area contributed by atoms with E-state index in [1.807, 2.05) is 56.1 Å². The molecule has 0 aliphatic carbocycles. The molecule has 7 nitrogen and oxygen atoms in total. The van der Waals surface area contributed by atoms with Crippen molar-refractivity contribution in [3.8, 4) is 0 Å². The summed E-state index contributed by atoms with van der Waals surface area (Å²) in [5.74, 6) is 0.814. The summed E-state index contributed by atoms with van der Waals surface area (Å²) in [6.07, 6.45) is 3.08. The Bertz CT molecular complexity index is 870. The predicted molar refractivity (Wildman–Crippen MR) is 126 cm³/mol. The number of benzene rings is 1. The molecule has 1 amide bonds. The third-order valence-corrected chi connectivity index (χ3v) is 6.17. The highest BCUT2D eigenvalue weighted by molar-refractivity contribution is 7.11. The molecule has 2 heterocycles. The number of nitrogens with zero attached hydrogens (tertiary/aromatic N) is 3. The quantitative estimate of drug-likeness (QED) is 0.507. The Labute approximate surface area is 188 Å². The standard InChI is InChI=1S/C23H33N5O2S/c1-5-20-12-25-21(31-20)13-27-23(24-6-2)26-11-18-7-9-19(10-8-18)22(29)28-14-16(3)30-17(4)15-28/h7-10,12,16-17H,5-6,11,13-15H2,1-4H3,(H2,24,26,27). The van der Waals surface area contributed by atoms with Crippen LogP contribution in [0.4, 0.5) is 0 Å². The van der Waals surface area contributed by atoms with E-state index in [9.17, 15) is 4.79 Å². The van der Waals surface area contributed by atoms with Crippen molar-refractivity contribution in [3.63, 3.8) is 0 Å². The Kier molecular flexibility index (Phi) is 8.43. The molecule has 2 aromatic rings. The lowest BCUT2D eigenvalue weighted by Crippen LogP contribution is -2.48. The van der Waals surface area contributed by atoms with E-state index in [-0.39, 0.29) is 18.1 Å². The van der Waals surface area contributed by atoms with Crippen LogP contribution in [0, 0.1) is 0 Å². The maximum absolute atomic E-state index is 12.8. The number of amides is 1. The second-order valence-electron chi connectivity index (χ2n) is 7.79. The van der Waals surface area contributed by atoms with Crippen LogP contribution >= 0.6 is 11.3 Å². The number of morpholine rings is 1. The molecular formula is C23H33N5O2S. The highest BCUT2D eigenvalue weighted by Gasteiger charge is 2.26. The Morgan fingerprint density at radius 1 is 1.19 bits per heavy atom. The molecule has 1 aromatic heterocycles. The molecule has 31 heavy (non-hydrogen) atoms. The first kappa shape index (κ1) is 23.2. The van der Waals surface area contributed by atoms with E-state index in [4.69, 9.17) is 4.74 Å². The maximum Gasteiger partial charge on any atom is 0.254 e. The van der Waals surface area contributed by atoms with Crippen molar-refractivity contribution in [1.82, 2.24) is 20.5 Å². The van der Waals surface area contributed by atoms with Crippen LogP contribution in [-0.2, 0) is 24.2 Å². The van der Waals surface area contributed by atoms with Crippen molar-refractivity contribution >= 4 is 23.2 Å². The zero-order chi connectivity index (χ0) is 22.2. The summed E-state index contributed by atoms with van der Waals surface area (Å²) in [7, 11) is 0. The fraction of sp³-hybridized carbons (Fsp3) is 0.522. The molecule has 1 aliphatic heterocycles. The first-order valence-corrected chi connectivity index (χ1v) is 11.8. The number of hydrogen-bond acceptors (Lipinski definition) is 5. The molecule has 8 heteroatoms. The van der Waals surface area contributed by atoms with Gasteiger partial charge in [0.2, 0.25) is 0 Å². The minimum atomic E-state index is 0.0574. The SMILES string of the molecule is CCNC(=NCc1ccc(C(=O)N2CC(C)OC(C)C2)cc1)NCc1ncc(CC)s1. The van der Waals surface area contributed by atoms with Gasteiger partial charge in [-0.05, 0) is 44.9 Å². The minimum Gasteiger partial charge on any atom is -0.372 e. The van der Waals surface area contributed by atoms with Gasteiger partial charge >= 0.3 is 0 Å². The van der Waals surface area contributed by atoms with Crippen LogP contribution in [0.3, 0.4) is 0 Å². The second-order valence-corrected chi connectivity index (χ2v) is 8.99. The number of hydrogen-bond donors (Lipinski definition) is 2. The zero-order valence-corrected chi connectivity index (χ0v) is 19.7. The Morgan fingerprint density at radius 2 is 1.90 bits per heavy atom. The smallest absolute Gasteiger partial charge is 0.254 e. The van der Waals surface area contributed by atoms with Crippen molar-refractivity contribution in [2.75, 3.05) is 19.6 Å². The predicted octanol–water partition coefficient (Wildman–Crippen LogP) is 3.21. The van der Waals surface area contributed by atoms with E-state index in [0.29, 0.717) is 31.7 Å². The van der Waals surface area contributed by atoms with E-state index in [1.54, 1.807) is 11.3 Å². The maximum atomic E-state index is 12.8. The van der Waals surface area contributed by atoms with Crippen LogP contribution < -0.4 is 10.6 Å². The fourth-order valence-electron chi connectivity index (χ4n) is 3.54. The third kappa shape index (κ3) is 6.77. The highest BCUT2D eigenvalue weighted by atomic mass is 32.1. The van der Waals surface area contributed by atoms with Gasteiger partial charge in [-0.15, -0.1) is 11.3 Å². The lowest BCUT2D eigenvalue weighted by molar-refractivity contribution is -0.0586. The summed E-state index contributed by atoms with van der Waals surface area (Å²) in [4.78, 5) is 25.1. The molecule has 1 saturated heterocycles.